The summed E-state index contributed by atoms with van der Waals surface area (Å²) in [6.07, 6.45) is -0.788. The molecule has 1 aromatic rings. The van der Waals surface area contributed by atoms with Crippen molar-refractivity contribution < 1.29 is 24.3 Å². The minimum Gasteiger partial charge on any atom is -0.480 e. The second-order valence-corrected chi connectivity index (χ2v) is 4.28. The summed E-state index contributed by atoms with van der Waals surface area (Å²) in [5.41, 5.74) is 0. The number of carbonyl (C=O) groups excluding carboxylic acids is 1. The van der Waals surface area contributed by atoms with Crippen LogP contribution in [0.5, 0.6) is 0 Å². The second-order valence-electron chi connectivity index (χ2n) is 4.28. The predicted octanol–water partition coefficient (Wildman–Crippen LogP) is -0.893. The normalized spacial score (nSPS) is 22.5. The summed E-state index contributed by atoms with van der Waals surface area (Å²) in [4.78, 5) is 27.8. The van der Waals surface area contributed by atoms with Gasteiger partial charge in [0, 0.05) is 19.9 Å². The molecule has 1 aliphatic heterocycles. The molecule has 9 heteroatoms. The summed E-state index contributed by atoms with van der Waals surface area (Å²) in [6.45, 7) is 1.65. The van der Waals surface area contributed by atoms with E-state index < -0.39 is 24.1 Å². The first-order valence-electron chi connectivity index (χ1n) is 5.72. The lowest BCUT2D eigenvalue weighted by Gasteiger charge is -2.20. The zero-order valence-electron chi connectivity index (χ0n) is 10.2. The number of amides is 2. The number of rotatable bonds is 3. The molecular formula is C10H14N4O5. The molecule has 0 aliphatic carbocycles. The van der Waals surface area contributed by atoms with Crippen molar-refractivity contribution in [2.24, 2.45) is 0 Å². The topological polar surface area (TPSA) is 129 Å². The Labute approximate surface area is 108 Å². The average molecular weight is 270 g/mol. The third-order valence-electron chi connectivity index (χ3n) is 2.79. The number of hydrogen-bond acceptors (Lipinski definition) is 6. The van der Waals surface area contributed by atoms with Crippen molar-refractivity contribution in [3.05, 3.63) is 11.7 Å². The van der Waals surface area contributed by atoms with Crippen LogP contribution in [0, 0.1) is 6.92 Å². The fourth-order valence-corrected chi connectivity index (χ4v) is 1.94. The van der Waals surface area contributed by atoms with Crippen molar-refractivity contribution in [1.29, 1.82) is 0 Å². The lowest BCUT2D eigenvalue weighted by Crippen LogP contribution is -2.46. The van der Waals surface area contributed by atoms with Gasteiger partial charge >= 0.3 is 12.0 Å². The van der Waals surface area contributed by atoms with Gasteiger partial charge in [-0.3, -0.25) is 0 Å². The summed E-state index contributed by atoms with van der Waals surface area (Å²) < 4.78 is 4.74. The summed E-state index contributed by atoms with van der Waals surface area (Å²) in [5.74, 6) is -0.455. The van der Waals surface area contributed by atoms with Gasteiger partial charge in [-0.15, -0.1) is 0 Å². The smallest absolute Gasteiger partial charge is 0.326 e. The van der Waals surface area contributed by atoms with Crippen molar-refractivity contribution >= 4 is 12.0 Å². The predicted molar refractivity (Wildman–Crippen MR) is 60.0 cm³/mol. The monoisotopic (exact) mass is 270 g/mol. The SMILES string of the molecule is Cc1nc(CNC(=O)N2CC(O)C[C@H]2C(=O)O)no1. The molecule has 0 radical (unpaired) electrons. The van der Waals surface area contributed by atoms with Crippen LogP contribution in [0.4, 0.5) is 4.79 Å². The number of urea groups is 1. The molecule has 2 amide bonds. The Bertz CT molecular complexity index is 488. The van der Waals surface area contributed by atoms with E-state index in [-0.39, 0.29) is 19.5 Å². The highest BCUT2D eigenvalue weighted by Gasteiger charge is 2.38. The maximum atomic E-state index is 11.8. The molecule has 1 aromatic heterocycles. The summed E-state index contributed by atoms with van der Waals surface area (Å²) in [6, 6.07) is -1.59. The number of carboxylic acids is 1. The van der Waals surface area contributed by atoms with Crippen molar-refractivity contribution in [1.82, 2.24) is 20.4 Å². The number of aryl methyl sites for hydroxylation is 1. The number of hydrogen-bond donors (Lipinski definition) is 3. The molecule has 0 spiro atoms. The molecule has 2 atom stereocenters. The number of nitrogens with zero attached hydrogens (tertiary/aromatic N) is 3. The molecule has 19 heavy (non-hydrogen) atoms. The van der Waals surface area contributed by atoms with E-state index in [4.69, 9.17) is 9.63 Å². The highest BCUT2D eigenvalue weighted by atomic mass is 16.5. The van der Waals surface area contributed by atoms with Crippen LogP contribution in [-0.4, -0.2) is 55.9 Å². The fourth-order valence-electron chi connectivity index (χ4n) is 1.94. The van der Waals surface area contributed by atoms with E-state index in [0.717, 1.165) is 4.90 Å². The Balaban J connectivity index is 1.93. The third kappa shape index (κ3) is 2.99. The molecule has 3 N–H and O–H groups in total. The van der Waals surface area contributed by atoms with E-state index in [2.05, 4.69) is 15.5 Å². The summed E-state index contributed by atoms with van der Waals surface area (Å²) in [5, 5.41) is 24.5. The highest BCUT2D eigenvalue weighted by molar-refractivity contribution is 5.83. The van der Waals surface area contributed by atoms with Crippen LogP contribution in [0.3, 0.4) is 0 Å². The van der Waals surface area contributed by atoms with Gasteiger partial charge in [-0.25, -0.2) is 9.59 Å². The molecule has 1 saturated heterocycles. The average Bonchev–Trinajstić information content (AvgIpc) is 2.92. The van der Waals surface area contributed by atoms with Gasteiger partial charge in [0.2, 0.25) is 5.89 Å². The first kappa shape index (κ1) is 13.3. The molecule has 0 bridgehead atoms. The Morgan fingerprint density at radius 3 is 2.89 bits per heavy atom. The number of carbonyl (C=O) groups is 2. The quantitative estimate of drug-likeness (QED) is 0.649. The van der Waals surface area contributed by atoms with Crippen molar-refractivity contribution in [2.75, 3.05) is 6.54 Å². The Kier molecular flexibility index (Phi) is 3.65. The van der Waals surface area contributed by atoms with Crippen LogP contribution in [0.1, 0.15) is 18.1 Å². The summed E-state index contributed by atoms with van der Waals surface area (Å²) in [7, 11) is 0. The number of aliphatic hydroxyl groups is 1. The number of carboxylic acid groups (broad SMARTS) is 1. The second kappa shape index (κ2) is 5.22. The lowest BCUT2D eigenvalue weighted by atomic mass is 10.2. The van der Waals surface area contributed by atoms with Crippen LogP contribution in [0.15, 0.2) is 4.52 Å². The van der Waals surface area contributed by atoms with Crippen LogP contribution in [-0.2, 0) is 11.3 Å². The number of β-amino-alcohol motifs (C(OH)–C–C–N with tert-alkyl or cyclic N) is 1. The highest BCUT2D eigenvalue weighted by Crippen LogP contribution is 2.18. The van der Waals surface area contributed by atoms with Crippen molar-refractivity contribution in [3.8, 4) is 0 Å². The number of aromatic nitrogens is 2. The van der Waals surface area contributed by atoms with Gasteiger partial charge < -0.3 is 25.0 Å². The van der Waals surface area contributed by atoms with E-state index in [1.165, 1.54) is 0 Å². The molecule has 9 nitrogen and oxygen atoms in total. The summed E-state index contributed by atoms with van der Waals surface area (Å²) >= 11 is 0. The zero-order valence-corrected chi connectivity index (χ0v) is 10.2. The number of nitrogens with one attached hydrogen (secondary N) is 1. The zero-order chi connectivity index (χ0) is 14.0. The lowest BCUT2D eigenvalue weighted by molar-refractivity contribution is -0.141. The largest absolute Gasteiger partial charge is 0.480 e. The standard InChI is InChI=1S/C10H14N4O5/c1-5-12-8(13-19-5)3-11-10(18)14-4-6(15)2-7(14)9(16)17/h6-7,15H,2-4H2,1H3,(H,11,18)(H,16,17)/t6?,7-/m0/s1. The van der Waals surface area contributed by atoms with Crippen molar-refractivity contribution in [2.45, 2.75) is 32.0 Å². The van der Waals surface area contributed by atoms with Gasteiger partial charge in [0.25, 0.3) is 0 Å². The first-order valence-corrected chi connectivity index (χ1v) is 5.72. The number of aliphatic hydroxyl groups excluding tert-OH is 1. The van der Waals surface area contributed by atoms with Crippen LogP contribution < -0.4 is 5.32 Å². The van der Waals surface area contributed by atoms with Crippen LogP contribution in [0.2, 0.25) is 0 Å². The molecule has 104 valence electrons. The molecule has 2 rings (SSSR count). The third-order valence-corrected chi connectivity index (χ3v) is 2.79. The van der Waals surface area contributed by atoms with E-state index in [1.807, 2.05) is 0 Å². The molecule has 2 heterocycles. The number of likely N-dealkylation sites (tertiary alicyclic amines) is 1. The maximum absolute atomic E-state index is 11.8. The Morgan fingerprint density at radius 1 is 1.58 bits per heavy atom. The van der Waals surface area contributed by atoms with Gasteiger partial charge in [0.1, 0.15) is 6.04 Å². The molecule has 0 saturated carbocycles. The van der Waals surface area contributed by atoms with Crippen LogP contribution in [0.25, 0.3) is 0 Å². The van der Waals surface area contributed by atoms with Crippen molar-refractivity contribution in [3.63, 3.8) is 0 Å². The van der Waals surface area contributed by atoms with Crippen LogP contribution >= 0.6 is 0 Å². The maximum Gasteiger partial charge on any atom is 0.326 e. The van der Waals surface area contributed by atoms with E-state index in [9.17, 15) is 14.7 Å². The molecule has 1 aliphatic rings. The molecular weight excluding hydrogens is 256 g/mol. The Hall–Kier alpha value is -2.16. The first-order chi connectivity index (χ1) is 8.97. The van der Waals surface area contributed by atoms with Gasteiger partial charge in [-0.05, 0) is 0 Å². The Morgan fingerprint density at radius 2 is 2.32 bits per heavy atom. The van der Waals surface area contributed by atoms with Gasteiger partial charge in [0.05, 0.1) is 12.6 Å². The minimum absolute atomic E-state index is 0.00588. The molecule has 1 fully saturated rings. The molecule has 0 aromatic carbocycles. The minimum atomic E-state index is -1.14. The van der Waals surface area contributed by atoms with E-state index in [1.54, 1.807) is 6.92 Å². The van der Waals surface area contributed by atoms with E-state index >= 15 is 0 Å². The van der Waals surface area contributed by atoms with Gasteiger partial charge in [-0.2, -0.15) is 4.98 Å². The fraction of sp³-hybridized carbons (Fsp3) is 0.600. The molecule has 1 unspecified atom stereocenters. The van der Waals surface area contributed by atoms with Gasteiger partial charge in [-0.1, -0.05) is 5.16 Å². The van der Waals surface area contributed by atoms with Gasteiger partial charge in [0.15, 0.2) is 5.82 Å². The van der Waals surface area contributed by atoms with E-state index in [0.29, 0.717) is 11.7 Å². The number of aliphatic carboxylic acids is 1.